The fourth-order valence-electron chi connectivity index (χ4n) is 3.27. The molecule has 3 rings (SSSR count). The molecule has 0 unspecified atom stereocenters. The molecule has 9 heteroatoms. The molecule has 0 aliphatic heterocycles. The SMILES string of the molecule is CCC(=O)N(CCC(=O)Nc1nnc(-c2ccccc2)s1)CCc1ccc(OC)c(OC)c1. The molecule has 1 aromatic heterocycles. The number of hydrogen-bond acceptors (Lipinski definition) is 7. The Kier molecular flexibility index (Phi) is 8.77. The number of methoxy groups -OCH3 is 2. The van der Waals surface area contributed by atoms with Crippen LogP contribution in [-0.4, -0.2) is 54.2 Å². The number of rotatable bonds is 11. The van der Waals surface area contributed by atoms with Gasteiger partial charge in [-0.2, -0.15) is 0 Å². The van der Waals surface area contributed by atoms with Gasteiger partial charge in [0.15, 0.2) is 11.5 Å². The van der Waals surface area contributed by atoms with Crippen LogP contribution in [0, 0.1) is 0 Å². The lowest BCUT2D eigenvalue weighted by Gasteiger charge is -2.22. The second-order valence-corrected chi connectivity index (χ2v) is 8.23. The number of nitrogens with zero attached hydrogens (tertiary/aromatic N) is 3. The molecule has 0 atom stereocenters. The second kappa shape index (κ2) is 12.0. The van der Waals surface area contributed by atoms with Gasteiger partial charge >= 0.3 is 0 Å². The zero-order chi connectivity index (χ0) is 23.6. The van der Waals surface area contributed by atoms with Crippen LogP contribution in [0.1, 0.15) is 25.3 Å². The maximum Gasteiger partial charge on any atom is 0.227 e. The van der Waals surface area contributed by atoms with Crippen molar-refractivity contribution in [3.8, 4) is 22.1 Å². The number of aromatic nitrogens is 2. The van der Waals surface area contributed by atoms with E-state index in [0.717, 1.165) is 16.1 Å². The van der Waals surface area contributed by atoms with Crippen molar-refractivity contribution >= 4 is 28.3 Å². The molecule has 0 aliphatic rings. The van der Waals surface area contributed by atoms with Crippen molar-refractivity contribution < 1.29 is 19.1 Å². The summed E-state index contributed by atoms with van der Waals surface area (Å²) in [5.74, 6) is 1.11. The zero-order valence-corrected chi connectivity index (χ0v) is 19.9. The number of benzene rings is 2. The molecule has 1 heterocycles. The van der Waals surface area contributed by atoms with Gasteiger partial charge in [0.25, 0.3) is 0 Å². The van der Waals surface area contributed by atoms with Crippen LogP contribution in [0.15, 0.2) is 48.5 Å². The van der Waals surface area contributed by atoms with Crippen molar-refractivity contribution in [2.24, 2.45) is 0 Å². The van der Waals surface area contributed by atoms with E-state index in [4.69, 9.17) is 9.47 Å². The average Bonchev–Trinajstić information content (AvgIpc) is 3.32. The molecular weight excluding hydrogens is 440 g/mol. The topological polar surface area (TPSA) is 93.7 Å². The molecule has 0 saturated carbocycles. The Bertz CT molecular complexity index is 1070. The fourth-order valence-corrected chi connectivity index (χ4v) is 4.04. The largest absolute Gasteiger partial charge is 0.493 e. The fraction of sp³-hybridized carbons (Fsp3) is 0.333. The van der Waals surface area contributed by atoms with Gasteiger partial charge in [0.05, 0.1) is 14.2 Å². The van der Waals surface area contributed by atoms with Crippen LogP contribution in [0.4, 0.5) is 5.13 Å². The molecule has 0 radical (unpaired) electrons. The summed E-state index contributed by atoms with van der Waals surface area (Å²) in [6, 6.07) is 15.4. The van der Waals surface area contributed by atoms with Gasteiger partial charge in [-0.15, -0.1) is 10.2 Å². The summed E-state index contributed by atoms with van der Waals surface area (Å²) < 4.78 is 10.6. The highest BCUT2D eigenvalue weighted by Crippen LogP contribution is 2.28. The van der Waals surface area contributed by atoms with Crippen molar-refractivity contribution in [3.63, 3.8) is 0 Å². The molecule has 0 aliphatic carbocycles. The lowest BCUT2D eigenvalue weighted by atomic mass is 10.1. The third kappa shape index (κ3) is 6.76. The van der Waals surface area contributed by atoms with Gasteiger partial charge in [0.2, 0.25) is 16.9 Å². The van der Waals surface area contributed by atoms with Crippen molar-refractivity contribution in [2.75, 3.05) is 32.6 Å². The van der Waals surface area contributed by atoms with Gasteiger partial charge in [-0.05, 0) is 24.1 Å². The van der Waals surface area contributed by atoms with E-state index in [9.17, 15) is 9.59 Å². The molecule has 0 saturated heterocycles. The van der Waals surface area contributed by atoms with E-state index in [1.54, 1.807) is 19.1 Å². The number of amides is 2. The zero-order valence-electron chi connectivity index (χ0n) is 19.0. The first-order chi connectivity index (χ1) is 16.0. The third-order valence-electron chi connectivity index (χ3n) is 5.07. The Morgan fingerprint density at radius 1 is 1.00 bits per heavy atom. The van der Waals surface area contributed by atoms with Gasteiger partial charge in [-0.3, -0.25) is 9.59 Å². The first kappa shape index (κ1) is 24.2. The van der Waals surface area contributed by atoms with E-state index in [1.165, 1.54) is 11.3 Å². The molecule has 3 aromatic rings. The highest BCUT2D eigenvalue weighted by molar-refractivity contribution is 7.18. The summed E-state index contributed by atoms with van der Waals surface area (Å²) in [5.41, 5.74) is 1.97. The predicted molar refractivity (Wildman–Crippen MR) is 129 cm³/mol. The highest BCUT2D eigenvalue weighted by Gasteiger charge is 2.16. The highest BCUT2D eigenvalue weighted by atomic mass is 32.1. The van der Waals surface area contributed by atoms with E-state index < -0.39 is 0 Å². The molecule has 174 valence electrons. The minimum atomic E-state index is -0.203. The summed E-state index contributed by atoms with van der Waals surface area (Å²) in [5, 5.41) is 12.2. The van der Waals surface area contributed by atoms with Gasteiger partial charge in [0.1, 0.15) is 5.01 Å². The van der Waals surface area contributed by atoms with Crippen LogP contribution >= 0.6 is 11.3 Å². The van der Waals surface area contributed by atoms with Crippen molar-refractivity contribution in [2.45, 2.75) is 26.2 Å². The number of nitrogens with one attached hydrogen (secondary N) is 1. The quantitative estimate of drug-likeness (QED) is 0.457. The number of hydrogen-bond donors (Lipinski definition) is 1. The molecule has 0 bridgehead atoms. The number of carbonyl (C=O) groups excluding carboxylic acids is 2. The Hall–Kier alpha value is -3.46. The third-order valence-corrected chi connectivity index (χ3v) is 5.96. The van der Waals surface area contributed by atoms with E-state index in [1.807, 2.05) is 55.5 Å². The van der Waals surface area contributed by atoms with Crippen LogP contribution in [0.3, 0.4) is 0 Å². The summed E-state index contributed by atoms with van der Waals surface area (Å²) in [6.45, 7) is 2.65. The molecule has 0 fully saturated rings. The van der Waals surface area contributed by atoms with Crippen LogP contribution < -0.4 is 14.8 Å². The normalized spacial score (nSPS) is 10.5. The van der Waals surface area contributed by atoms with Gasteiger partial charge in [-0.1, -0.05) is 54.7 Å². The Balaban J connectivity index is 1.55. The molecule has 33 heavy (non-hydrogen) atoms. The molecule has 2 amide bonds. The molecule has 2 aromatic carbocycles. The Morgan fingerprint density at radius 2 is 1.76 bits per heavy atom. The minimum Gasteiger partial charge on any atom is -0.493 e. The van der Waals surface area contributed by atoms with E-state index in [2.05, 4.69) is 15.5 Å². The van der Waals surface area contributed by atoms with Crippen LogP contribution in [0.5, 0.6) is 11.5 Å². The first-order valence-corrected chi connectivity index (χ1v) is 11.5. The van der Waals surface area contributed by atoms with Crippen LogP contribution in [0.25, 0.3) is 10.6 Å². The summed E-state index contributed by atoms with van der Waals surface area (Å²) >= 11 is 1.32. The number of anilines is 1. The van der Waals surface area contributed by atoms with Crippen molar-refractivity contribution in [1.82, 2.24) is 15.1 Å². The lowest BCUT2D eigenvalue weighted by Crippen LogP contribution is -2.35. The van der Waals surface area contributed by atoms with E-state index >= 15 is 0 Å². The van der Waals surface area contributed by atoms with Gasteiger partial charge in [-0.25, -0.2) is 0 Å². The lowest BCUT2D eigenvalue weighted by molar-refractivity contribution is -0.131. The predicted octanol–water partition coefficient (Wildman–Crippen LogP) is 4.03. The standard InChI is InChI=1S/C24H28N4O4S/c1-4-22(30)28(14-12-17-10-11-19(31-2)20(16-17)32-3)15-13-21(29)25-24-27-26-23(33-24)18-8-6-5-7-9-18/h5-11,16H,4,12-15H2,1-3H3,(H,25,27,29). The molecular formula is C24H28N4O4S. The molecule has 8 nitrogen and oxygen atoms in total. The van der Waals surface area contributed by atoms with Gasteiger partial charge in [0, 0.05) is 31.5 Å². The molecule has 1 N–H and O–H groups in total. The number of carbonyl (C=O) groups is 2. The number of ether oxygens (including phenoxy) is 2. The average molecular weight is 469 g/mol. The Labute approximate surface area is 197 Å². The second-order valence-electron chi connectivity index (χ2n) is 7.25. The Morgan fingerprint density at radius 3 is 2.45 bits per heavy atom. The summed E-state index contributed by atoms with van der Waals surface area (Å²) in [6.07, 6.45) is 1.20. The first-order valence-electron chi connectivity index (χ1n) is 10.7. The van der Waals surface area contributed by atoms with E-state index in [0.29, 0.717) is 42.6 Å². The monoisotopic (exact) mass is 468 g/mol. The van der Waals surface area contributed by atoms with Crippen LogP contribution in [0.2, 0.25) is 0 Å². The van der Waals surface area contributed by atoms with E-state index in [-0.39, 0.29) is 18.2 Å². The summed E-state index contributed by atoms with van der Waals surface area (Å²) in [7, 11) is 3.18. The van der Waals surface area contributed by atoms with Crippen molar-refractivity contribution in [1.29, 1.82) is 0 Å². The van der Waals surface area contributed by atoms with Gasteiger partial charge < -0.3 is 19.7 Å². The molecule has 0 spiro atoms. The van der Waals surface area contributed by atoms with Crippen LogP contribution in [-0.2, 0) is 16.0 Å². The maximum atomic E-state index is 12.5. The van der Waals surface area contributed by atoms with Crippen molar-refractivity contribution in [3.05, 3.63) is 54.1 Å². The minimum absolute atomic E-state index is 0.00514. The smallest absolute Gasteiger partial charge is 0.227 e. The maximum absolute atomic E-state index is 12.5. The summed E-state index contributed by atoms with van der Waals surface area (Å²) in [4.78, 5) is 26.6.